The number of fused-ring (bicyclic) bond motifs is 3. The maximum Gasteiger partial charge on any atom is 0.490 e. The van der Waals surface area contributed by atoms with Gasteiger partial charge in [-0.15, -0.1) is 0 Å². The van der Waals surface area contributed by atoms with Crippen molar-refractivity contribution in [1.29, 1.82) is 0 Å². The minimum Gasteiger partial charge on any atom is -0.387 e. The zero-order valence-corrected chi connectivity index (χ0v) is 42.8. The Morgan fingerprint density at radius 2 is 1.33 bits per heavy atom. The van der Waals surface area contributed by atoms with Gasteiger partial charge >= 0.3 is 35.8 Å². The lowest BCUT2D eigenvalue weighted by Gasteiger charge is -2.28. The van der Waals surface area contributed by atoms with Crippen LogP contribution in [0.2, 0.25) is 0 Å². The quantitative estimate of drug-likeness (QED) is 0.0261. The van der Waals surface area contributed by atoms with Gasteiger partial charge in [0.2, 0.25) is 17.7 Å². The molecule has 6 aromatic rings. The highest BCUT2D eigenvalue weighted by atomic mass is 32.5. The predicted molar refractivity (Wildman–Crippen MR) is 246 cm³/mol. The van der Waals surface area contributed by atoms with Crippen molar-refractivity contribution < 1.29 is 104 Å². The number of ether oxygens (including phenoxy) is 5. The lowest BCUT2D eigenvalue weighted by molar-refractivity contribution is -0.745. The third-order valence-corrected chi connectivity index (χ3v) is 17.5. The second-order valence-electron chi connectivity index (χ2n) is 16.5. The Balaban J connectivity index is 0.858. The molecule has 9 heterocycles. The average molecular weight is 1160 g/mol. The molecule has 0 spiro atoms. The molecule has 0 bridgehead atoms. The van der Waals surface area contributed by atoms with Crippen molar-refractivity contribution in [1.82, 2.24) is 53.6 Å². The highest BCUT2D eigenvalue weighted by molar-refractivity contribution is 8.07. The van der Waals surface area contributed by atoms with E-state index in [9.17, 15) is 58.2 Å². The van der Waals surface area contributed by atoms with E-state index >= 15 is 0 Å². The van der Waals surface area contributed by atoms with Gasteiger partial charge in [-0.2, -0.15) is 13.6 Å². The monoisotopic (exact) mass is 1160 g/mol. The van der Waals surface area contributed by atoms with Crippen molar-refractivity contribution in [2.24, 2.45) is 7.05 Å². The Bertz CT molecular complexity index is 3440. The molecule has 75 heavy (non-hydrogen) atoms. The maximum atomic E-state index is 13.3. The number of rotatable bonds is 20. The number of hydrogen-bond donors (Lipinski definition) is 11. The number of aliphatic hydroxyl groups is 3. The largest absolute Gasteiger partial charge is 0.490 e. The Hall–Kier alpha value is -4.53. The molecule has 3 aliphatic heterocycles. The van der Waals surface area contributed by atoms with Gasteiger partial charge in [0.25, 0.3) is 17.1 Å². The number of nitrogen functional groups attached to an aromatic ring is 2. The molecule has 6 aromatic heterocycles. The molecule has 16 unspecified atom stereocenters. The summed E-state index contributed by atoms with van der Waals surface area (Å²) >= 11 is 5.29. The molecular formula is C33H45N14O23P4S+. The molecule has 3 saturated heterocycles. The number of nitrogens with zero attached hydrogens (tertiary/aromatic N) is 10. The molecule has 0 radical (unpaired) electrons. The maximum absolute atomic E-state index is 13.3. The summed E-state index contributed by atoms with van der Waals surface area (Å²) in [5.41, 5.74) is 10.3. The van der Waals surface area contributed by atoms with Crippen molar-refractivity contribution in [3.8, 4) is 0 Å². The van der Waals surface area contributed by atoms with Crippen molar-refractivity contribution in [2.75, 3.05) is 45.5 Å². The third-order valence-electron chi connectivity index (χ3n) is 11.7. The molecule has 3 aliphatic rings. The zero-order valence-electron chi connectivity index (χ0n) is 38.4. The number of aliphatic hydroxyl groups excluding tert-OH is 3. The van der Waals surface area contributed by atoms with E-state index in [-0.39, 0.29) is 45.4 Å². The number of methoxy groups -OCH3 is 2. The van der Waals surface area contributed by atoms with Crippen LogP contribution < -0.4 is 27.2 Å². The molecule has 3 fully saturated rings. The molecule has 13 N–H and O–H groups in total. The van der Waals surface area contributed by atoms with Gasteiger partial charge in [0.1, 0.15) is 66.8 Å². The van der Waals surface area contributed by atoms with Crippen molar-refractivity contribution >= 4 is 87.4 Å². The molecule has 42 heteroatoms. The average Bonchev–Trinajstić information content (AvgIpc) is 4.18. The van der Waals surface area contributed by atoms with Crippen LogP contribution in [0.15, 0.2) is 41.1 Å². The number of nitrogens with two attached hydrogens (primary N) is 2. The first-order valence-electron chi connectivity index (χ1n) is 21.3. The van der Waals surface area contributed by atoms with Gasteiger partial charge < -0.3 is 74.6 Å². The van der Waals surface area contributed by atoms with Crippen LogP contribution in [0.3, 0.4) is 0 Å². The Morgan fingerprint density at radius 1 is 0.733 bits per heavy atom. The van der Waals surface area contributed by atoms with E-state index in [2.05, 4.69) is 48.5 Å². The van der Waals surface area contributed by atoms with Gasteiger partial charge in [-0.05, 0) is 11.8 Å². The summed E-state index contributed by atoms with van der Waals surface area (Å²) in [4.78, 5) is 96.8. The summed E-state index contributed by atoms with van der Waals surface area (Å²) in [6.45, 7) is -7.46. The van der Waals surface area contributed by atoms with E-state index in [1.165, 1.54) is 53.0 Å². The second kappa shape index (κ2) is 21.0. The molecule has 0 amide bonds. The van der Waals surface area contributed by atoms with Gasteiger partial charge in [-0.25, -0.2) is 38.2 Å². The highest BCUT2D eigenvalue weighted by Gasteiger charge is 2.53. The summed E-state index contributed by atoms with van der Waals surface area (Å²) in [5.74, 6) is -0.545. The molecule has 0 aliphatic carbocycles. The van der Waals surface area contributed by atoms with Crippen LogP contribution in [-0.4, -0.2) is 177 Å². The number of phosphoric ester groups is 2. The molecule has 9 rings (SSSR count). The van der Waals surface area contributed by atoms with Crippen LogP contribution in [0.4, 0.5) is 11.9 Å². The van der Waals surface area contributed by atoms with Crippen LogP contribution in [-0.2, 0) is 83.0 Å². The van der Waals surface area contributed by atoms with E-state index in [1.54, 1.807) is 0 Å². The first-order chi connectivity index (χ1) is 35.3. The first kappa shape index (κ1) is 55.2. The second-order valence-corrected chi connectivity index (χ2v) is 23.9. The number of aromatic amines is 2. The van der Waals surface area contributed by atoms with Gasteiger partial charge in [-0.3, -0.25) is 46.8 Å². The number of imidazole rings is 3. The summed E-state index contributed by atoms with van der Waals surface area (Å²) in [6, 6.07) is 0. The summed E-state index contributed by atoms with van der Waals surface area (Å²) in [6.07, 6.45) is -11.6. The first-order valence-corrected chi connectivity index (χ1v) is 28.4. The minimum atomic E-state index is -6.13. The number of aromatic nitrogens is 12. The smallest absolute Gasteiger partial charge is 0.387 e. The number of aryl methyl sites for hydroxylation is 1. The molecule has 410 valence electrons. The van der Waals surface area contributed by atoms with E-state index in [0.717, 1.165) is 18.0 Å². The normalized spacial score (nSPS) is 30.5. The fourth-order valence-corrected chi connectivity index (χ4v) is 13.4. The molecule has 0 saturated carbocycles. The standard InChI is InChI=1S/C33H44N14O23P4S/c1-44-11-47(26-17(44)28(52)43-33(35)41-26)30-20(50)21(60-2)14(66-30)6-62-71(53,54)69-73(57,58)70-72(55,56)63-7-15-22(23(61-3)31(67-15)45-9-38-12-4-36-8-37-24(12)45)68-74(59,75)64-5-13-18(48)19(49)29(65-13)46-10-39-16-25(46)40-32(34)42-27(16)51/h4,8-11,13-15,18-23,29-31,48-50H,5-7H2,1-3H3,(H9-,34,35,40,41,42,43,51,52,53,54,55,56,57,58,59,75)/p+1. The Morgan fingerprint density at radius 3 is 2.01 bits per heavy atom. The Labute approximate surface area is 421 Å². The molecule has 0 aromatic carbocycles. The molecular weight excluding hydrogens is 1120 g/mol. The number of nitrogens with one attached hydrogen (secondary N) is 2. The topological polar surface area (TPSA) is 508 Å². The van der Waals surface area contributed by atoms with Crippen LogP contribution in [0, 0.1) is 0 Å². The van der Waals surface area contributed by atoms with Crippen LogP contribution >= 0.6 is 30.2 Å². The van der Waals surface area contributed by atoms with Gasteiger partial charge in [0, 0.05) is 14.2 Å². The summed E-state index contributed by atoms with van der Waals surface area (Å²) in [5, 5.41) is 32.9. The number of phosphoric acid groups is 3. The van der Waals surface area contributed by atoms with Gasteiger partial charge in [0.15, 0.2) is 35.6 Å². The van der Waals surface area contributed by atoms with E-state index in [1.807, 2.05) is 0 Å². The van der Waals surface area contributed by atoms with E-state index in [4.69, 9.17) is 65.1 Å². The highest BCUT2D eigenvalue weighted by Crippen LogP contribution is 2.68. The summed E-state index contributed by atoms with van der Waals surface area (Å²) in [7, 11) is -13.9. The molecule has 16 atom stereocenters. The lowest BCUT2D eigenvalue weighted by atomic mass is 10.1. The van der Waals surface area contributed by atoms with Gasteiger partial charge in [0.05, 0.1) is 45.7 Å². The van der Waals surface area contributed by atoms with Crippen molar-refractivity contribution in [2.45, 2.75) is 73.6 Å². The van der Waals surface area contributed by atoms with Gasteiger partial charge in [-0.1, -0.05) is 4.98 Å². The molecule has 37 nitrogen and oxygen atoms in total. The van der Waals surface area contributed by atoms with E-state index in [0.29, 0.717) is 0 Å². The number of hydrogen-bond acceptors (Lipinski definition) is 28. The minimum absolute atomic E-state index is 0.0263. The third kappa shape index (κ3) is 11.3. The fourth-order valence-electron chi connectivity index (χ4n) is 8.48. The number of H-pyrrole nitrogens is 2. The van der Waals surface area contributed by atoms with Crippen LogP contribution in [0.1, 0.15) is 18.7 Å². The van der Waals surface area contributed by atoms with Crippen molar-refractivity contribution in [3.63, 3.8) is 0 Å². The van der Waals surface area contributed by atoms with Crippen LogP contribution in [0.5, 0.6) is 0 Å². The fraction of sp³-hybridized carbons (Fsp3) is 0.545. The predicted octanol–water partition coefficient (Wildman–Crippen LogP) is -3.52. The Kier molecular flexibility index (Phi) is 15.5. The zero-order chi connectivity index (χ0) is 54.1. The SMILES string of the molecule is COC1C(COP(=O)(O)OP(=O)(O)OP(=O)(O)OCC2OC(n3cnc4cncnc43)C(OC)C2OP(O)(=S)OCC2OC(n3cnc4c(=O)[nH]c(N)nc43)C(O)C2O)OC([n+]2cn(C)c3c(=O)[nH]c(N)nc32)C1O. The number of anilines is 2. The lowest BCUT2D eigenvalue weighted by Crippen LogP contribution is -2.46. The van der Waals surface area contributed by atoms with Crippen LogP contribution in [0.25, 0.3) is 33.5 Å². The van der Waals surface area contributed by atoms with Crippen molar-refractivity contribution in [3.05, 3.63) is 52.2 Å². The van der Waals surface area contributed by atoms with E-state index < -0.39 is 135 Å². The summed E-state index contributed by atoms with van der Waals surface area (Å²) < 4.78 is 103.